The minimum atomic E-state index is 0.631. The van der Waals surface area contributed by atoms with Gasteiger partial charge in [-0.1, -0.05) is 33.6 Å². The van der Waals surface area contributed by atoms with Crippen LogP contribution in [0.3, 0.4) is 0 Å². The number of hydrogen-bond donors (Lipinski definition) is 0. The molecule has 1 unspecified atom stereocenters. The van der Waals surface area contributed by atoms with Crippen molar-refractivity contribution in [2.75, 3.05) is 13.1 Å². The van der Waals surface area contributed by atoms with Crippen molar-refractivity contribution in [1.29, 1.82) is 0 Å². The van der Waals surface area contributed by atoms with E-state index >= 15 is 0 Å². The minimum absolute atomic E-state index is 0.631. The molecule has 1 atom stereocenters. The molecule has 0 amide bonds. The van der Waals surface area contributed by atoms with Crippen LogP contribution in [0.1, 0.15) is 47.5 Å². The Labute approximate surface area is 84.5 Å². The average molecular weight is 183 g/mol. The van der Waals surface area contributed by atoms with E-state index in [1.807, 2.05) is 13.8 Å². The molecule has 0 aromatic carbocycles. The van der Waals surface area contributed by atoms with E-state index in [1.165, 1.54) is 12.8 Å². The zero-order valence-electron chi connectivity index (χ0n) is 9.93. The third-order valence-corrected chi connectivity index (χ3v) is 2.02. The van der Waals surface area contributed by atoms with Crippen molar-refractivity contribution in [3.63, 3.8) is 0 Å². The minimum Gasteiger partial charge on any atom is -0.290 e. The van der Waals surface area contributed by atoms with Crippen LogP contribution in [0.25, 0.3) is 0 Å². The van der Waals surface area contributed by atoms with Crippen LogP contribution in [0.2, 0.25) is 0 Å². The summed E-state index contributed by atoms with van der Waals surface area (Å²) < 4.78 is 0. The van der Waals surface area contributed by atoms with E-state index in [2.05, 4.69) is 31.6 Å². The van der Waals surface area contributed by atoms with Crippen molar-refractivity contribution in [2.45, 2.75) is 53.5 Å². The molecule has 0 aromatic heterocycles. The Kier molecular flexibility index (Phi) is 13.3. The van der Waals surface area contributed by atoms with Crippen molar-refractivity contribution in [3.8, 4) is 12.3 Å². The second-order valence-electron chi connectivity index (χ2n) is 2.93. The normalized spacial score (nSPS) is 11.5. The molecule has 0 aliphatic carbocycles. The molecule has 0 aliphatic heterocycles. The number of nitrogens with zero attached hydrogens (tertiary/aromatic N) is 1. The third-order valence-electron chi connectivity index (χ3n) is 2.02. The molecular weight excluding hydrogens is 158 g/mol. The van der Waals surface area contributed by atoms with Crippen LogP contribution in [-0.4, -0.2) is 24.0 Å². The van der Waals surface area contributed by atoms with Crippen molar-refractivity contribution in [2.24, 2.45) is 0 Å². The first-order valence-corrected chi connectivity index (χ1v) is 5.43. The van der Waals surface area contributed by atoms with Gasteiger partial charge in [-0.3, -0.25) is 4.90 Å². The molecule has 1 nitrogen and oxygen atoms in total. The highest BCUT2D eigenvalue weighted by Gasteiger charge is 2.08. The first-order valence-electron chi connectivity index (χ1n) is 5.43. The van der Waals surface area contributed by atoms with Crippen molar-refractivity contribution < 1.29 is 0 Å². The Morgan fingerprint density at radius 3 is 2.15 bits per heavy atom. The van der Waals surface area contributed by atoms with Crippen LogP contribution < -0.4 is 0 Å². The second-order valence-corrected chi connectivity index (χ2v) is 2.93. The maximum Gasteiger partial charge on any atom is 0.0601 e. The third kappa shape index (κ3) is 7.87. The first-order chi connectivity index (χ1) is 6.26. The Morgan fingerprint density at radius 1 is 1.31 bits per heavy atom. The molecule has 78 valence electrons. The monoisotopic (exact) mass is 183 g/mol. The van der Waals surface area contributed by atoms with Crippen LogP contribution in [0, 0.1) is 12.3 Å². The molecule has 0 spiro atoms. The molecule has 0 aromatic rings. The Hall–Kier alpha value is -0.480. The summed E-state index contributed by atoms with van der Waals surface area (Å²) in [6.45, 7) is 12.5. The van der Waals surface area contributed by atoms with Gasteiger partial charge < -0.3 is 0 Å². The largest absolute Gasteiger partial charge is 0.290 e. The van der Waals surface area contributed by atoms with Crippen LogP contribution in [0.5, 0.6) is 0 Å². The fraction of sp³-hybridized carbons (Fsp3) is 0.833. The highest BCUT2D eigenvalue weighted by atomic mass is 15.1. The smallest absolute Gasteiger partial charge is 0.0601 e. The van der Waals surface area contributed by atoms with Crippen LogP contribution in [-0.2, 0) is 0 Å². The topological polar surface area (TPSA) is 3.24 Å². The fourth-order valence-electron chi connectivity index (χ4n) is 1.12. The van der Waals surface area contributed by atoms with Gasteiger partial charge in [0.15, 0.2) is 0 Å². The maximum atomic E-state index is 5.26. The standard InChI is InChI=1S/C10H19N.C2H6/c1-5-8-11(9-6-2)10(4)7-3;1-2/h1,10H,6-9H2,2-4H3;1-2H3. The quantitative estimate of drug-likeness (QED) is 0.592. The average Bonchev–Trinajstić information content (AvgIpc) is 2.19. The molecule has 0 saturated carbocycles. The molecule has 0 radical (unpaired) electrons. The van der Waals surface area contributed by atoms with Crippen LogP contribution in [0.15, 0.2) is 0 Å². The first kappa shape index (κ1) is 15.0. The van der Waals surface area contributed by atoms with Gasteiger partial charge in [0.05, 0.1) is 6.54 Å². The molecule has 0 bridgehead atoms. The summed E-state index contributed by atoms with van der Waals surface area (Å²) in [5.74, 6) is 2.69. The summed E-state index contributed by atoms with van der Waals surface area (Å²) in [6.07, 6.45) is 7.63. The molecule has 0 fully saturated rings. The van der Waals surface area contributed by atoms with Gasteiger partial charge in [0, 0.05) is 6.04 Å². The fourth-order valence-corrected chi connectivity index (χ4v) is 1.12. The number of rotatable bonds is 5. The van der Waals surface area contributed by atoms with Gasteiger partial charge in [-0.05, 0) is 26.3 Å². The SMILES string of the molecule is C#CCN(CCC)C(C)CC.CC. The van der Waals surface area contributed by atoms with E-state index < -0.39 is 0 Å². The highest BCUT2D eigenvalue weighted by molar-refractivity contribution is 4.89. The molecule has 0 aliphatic rings. The predicted octanol–water partition coefficient (Wildman–Crippen LogP) is 3.16. The van der Waals surface area contributed by atoms with Gasteiger partial charge >= 0.3 is 0 Å². The van der Waals surface area contributed by atoms with Gasteiger partial charge in [-0.15, -0.1) is 6.42 Å². The maximum absolute atomic E-state index is 5.26. The molecule has 13 heavy (non-hydrogen) atoms. The zero-order chi connectivity index (χ0) is 10.7. The van der Waals surface area contributed by atoms with Crippen molar-refractivity contribution >= 4 is 0 Å². The van der Waals surface area contributed by atoms with Gasteiger partial charge in [-0.2, -0.15) is 0 Å². The van der Waals surface area contributed by atoms with Gasteiger partial charge in [0.1, 0.15) is 0 Å². The highest BCUT2D eigenvalue weighted by Crippen LogP contribution is 2.02. The van der Waals surface area contributed by atoms with Gasteiger partial charge in [-0.25, -0.2) is 0 Å². The number of hydrogen-bond acceptors (Lipinski definition) is 1. The van der Waals surface area contributed by atoms with E-state index in [0.29, 0.717) is 6.04 Å². The molecular formula is C12H25N. The molecule has 0 saturated heterocycles. The van der Waals surface area contributed by atoms with E-state index in [-0.39, 0.29) is 0 Å². The number of terminal acetylenes is 1. The summed E-state index contributed by atoms with van der Waals surface area (Å²) in [5, 5.41) is 0. The lowest BCUT2D eigenvalue weighted by Crippen LogP contribution is -2.33. The Balaban J connectivity index is 0. The molecule has 1 heteroatoms. The van der Waals surface area contributed by atoms with Crippen LogP contribution >= 0.6 is 0 Å². The summed E-state index contributed by atoms with van der Waals surface area (Å²) >= 11 is 0. The summed E-state index contributed by atoms with van der Waals surface area (Å²) in [4.78, 5) is 2.35. The Bertz CT molecular complexity index is 124. The molecule has 0 heterocycles. The van der Waals surface area contributed by atoms with E-state index in [1.54, 1.807) is 0 Å². The van der Waals surface area contributed by atoms with Crippen LogP contribution in [0.4, 0.5) is 0 Å². The molecule has 0 rings (SSSR count). The summed E-state index contributed by atoms with van der Waals surface area (Å²) in [5.41, 5.74) is 0. The van der Waals surface area contributed by atoms with E-state index in [0.717, 1.165) is 13.1 Å². The van der Waals surface area contributed by atoms with E-state index in [9.17, 15) is 0 Å². The predicted molar refractivity (Wildman–Crippen MR) is 61.8 cm³/mol. The second kappa shape index (κ2) is 11.5. The summed E-state index contributed by atoms with van der Waals surface area (Å²) in [7, 11) is 0. The van der Waals surface area contributed by atoms with Gasteiger partial charge in [0.2, 0.25) is 0 Å². The van der Waals surface area contributed by atoms with Crippen molar-refractivity contribution in [1.82, 2.24) is 4.90 Å². The zero-order valence-corrected chi connectivity index (χ0v) is 9.93. The lowest BCUT2D eigenvalue weighted by atomic mass is 10.2. The van der Waals surface area contributed by atoms with E-state index in [4.69, 9.17) is 6.42 Å². The van der Waals surface area contributed by atoms with Gasteiger partial charge in [0.25, 0.3) is 0 Å². The lowest BCUT2D eigenvalue weighted by Gasteiger charge is -2.25. The van der Waals surface area contributed by atoms with Crippen molar-refractivity contribution in [3.05, 3.63) is 0 Å². The molecule has 0 N–H and O–H groups in total. The lowest BCUT2D eigenvalue weighted by molar-refractivity contribution is 0.230. The Morgan fingerprint density at radius 2 is 1.85 bits per heavy atom. The summed E-state index contributed by atoms with van der Waals surface area (Å²) in [6, 6.07) is 0.631.